The van der Waals surface area contributed by atoms with Crippen molar-refractivity contribution in [3.8, 4) is 0 Å². The second kappa shape index (κ2) is 10.3. The molecule has 10 nitrogen and oxygen atoms in total. The molecule has 0 amide bonds. The van der Waals surface area contributed by atoms with Crippen LogP contribution in [0.15, 0.2) is 44.9 Å². The van der Waals surface area contributed by atoms with Gasteiger partial charge in [-0.1, -0.05) is 23.4 Å². The van der Waals surface area contributed by atoms with Gasteiger partial charge in [0.2, 0.25) is 0 Å². The molecule has 0 bridgehead atoms. The second-order valence-corrected chi connectivity index (χ2v) is 12.6. The zero-order chi connectivity index (χ0) is 27.3. The van der Waals surface area contributed by atoms with E-state index in [9.17, 15) is 4.79 Å². The number of nitrogens with two attached hydrogens (primary N) is 2. The van der Waals surface area contributed by atoms with E-state index in [0.29, 0.717) is 38.2 Å². The Morgan fingerprint density at radius 2 is 2.08 bits per heavy atom. The molecular formula is C26H29ClN8O2S2. The Kier molecular flexibility index (Phi) is 7.00. The number of rotatable bonds is 6. The van der Waals surface area contributed by atoms with Crippen LogP contribution in [-0.2, 0) is 17.7 Å². The van der Waals surface area contributed by atoms with Crippen molar-refractivity contribution in [1.82, 2.24) is 24.5 Å². The van der Waals surface area contributed by atoms with Crippen molar-refractivity contribution in [3.63, 3.8) is 0 Å². The van der Waals surface area contributed by atoms with E-state index in [4.69, 9.17) is 27.8 Å². The first-order chi connectivity index (χ1) is 18.8. The summed E-state index contributed by atoms with van der Waals surface area (Å²) in [4.78, 5) is 35.6. The van der Waals surface area contributed by atoms with Crippen molar-refractivity contribution in [2.45, 2.75) is 54.8 Å². The van der Waals surface area contributed by atoms with E-state index in [-0.39, 0.29) is 23.1 Å². The van der Waals surface area contributed by atoms with Crippen molar-refractivity contribution >= 4 is 57.2 Å². The number of aromatic nitrogens is 5. The Labute approximate surface area is 238 Å². The molecule has 1 saturated heterocycles. The molecule has 1 aliphatic carbocycles. The highest BCUT2D eigenvalue weighted by Gasteiger charge is 2.47. The molecule has 13 heteroatoms. The van der Waals surface area contributed by atoms with Crippen LogP contribution >= 0.6 is 34.7 Å². The van der Waals surface area contributed by atoms with E-state index in [1.165, 1.54) is 27.5 Å². The van der Waals surface area contributed by atoms with Crippen LogP contribution in [-0.4, -0.2) is 50.8 Å². The maximum Gasteiger partial charge on any atom is 0.262 e. The number of halogens is 1. The predicted molar refractivity (Wildman–Crippen MR) is 155 cm³/mol. The minimum atomic E-state index is -0.221. The summed E-state index contributed by atoms with van der Waals surface area (Å²) in [5, 5.41) is 1.20. The molecule has 2 atom stereocenters. The first-order valence-corrected chi connectivity index (χ1v) is 14.8. The topological polar surface area (TPSA) is 138 Å². The monoisotopic (exact) mass is 584 g/mol. The van der Waals surface area contributed by atoms with Crippen LogP contribution in [0.2, 0.25) is 5.02 Å². The van der Waals surface area contributed by atoms with Gasteiger partial charge in [0.05, 0.1) is 58.3 Å². The summed E-state index contributed by atoms with van der Waals surface area (Å²) in [6.45, 7) is 3.93. The highest BCUT2D eigenvalue weighted by molar-refractivity contribution is 7.99. The molecule has 1 aliphatic heterocycles. The Bertz CT molecular complexity index is 1600. The lowest BCUT2D eigenvalue weighted by molar-refractivity contribution is 0.102. The van der Waals surface area contributed by atoms with Crippen LogP contribution in [0.5, 0.6) is 0 Å². The Balaban J connectivity index is 1.19. The number of hydrogen-bond acceptors (Lipinski definition) is 11. The quantitative estimate of drug-likeness (QED) is 0.343. The lowest BCUT2D eigenvalue weighted by atomic mass is 9.73. The average molecular weight is 585 g/mol. The van der Waals surface area contributed by atoms with Gasteiger partial charge in [-0.05, 0) is 43.7 Å². The minimum absolute atomic E-state index is 0.00905. The van der Waals surface area contributed by atoms with E-state index < -0.39 is 0 Å². The number of methoxy groups -OCH3 is 1. The SMILES string of the molecule is COC(C)Cn1cnc2ccc(Sc3ncc(N4CCC5(CC4)Cc4scnc4[C@H]5N)nc3N)c(Cl)c2c1=O. The number of nitrogens with zero attached hydrogens (tertiary/aromatic N) is 6. The van der Waals surface area contributed by atoms with Crippen LogP contribution < -0.4 is 21.9 Å². The van der Waals surface area contributed by atoms with Gasteiger partial charge in [0, 0.05) is 30.0 Å². The zero-order valence-corrected chi connectivity index (χ0v) is 24.0. The maximum absolute atomic E-state index is 13.2. The highest BCUT2D eigenvalue weighted by Crippen LogP contribution is 2.51. The fourth-order valence-electron chi connectivity index (χ4n) is 5.52. The van der Waals surface area contributed by atoms with Crippen molar-refractivity contribution < 1.29 is 4.74 Å². The number of nitrogen functional groups attached to an aromatic ring is 1. The minimum Gasteiger partial charge on any atom is -0.381 e. The molecule has 39 heavy (non-hydrogen) atoms. The Morgan fingerprint density at radius 3 is 2.79 bits per heavy atom. The number of anilines is 2. The molecule has 3 aromatic heterocycles. The molecule has 1 aromatic carbocycles. The first kappa shape index (κ1) is 26.5. The second-order valence-electron chi connectivity index (χ2n) is 10.2. The number of piperidine rings is 1. The van der Waals surface area contributed by atoms with Gasteiger partial charge in [-0.15, -0.1) is 11.3 Å². The summed E-state index contributed by atoms with van der Waals surface area (Å²) in [5.74, 6) is 1.06. The van der Waals surface area contributed by atoms with Gasteiger partial charge in [-0.3, -0.25) is 9.36 Å². The summed E-state index contributed by atoms with van der Waals surface area (Å²) < 4.78 is 6.81. The highest BCUT2D eigenvalue weighted by atomic mass is 35.5. The average Bonchev–Trinajstić information content (AvgIpc) is 3.49. The number of ether oxygens (including phenoxy) is 1. The molecule has 4 aromatic rings. The van der Waals surface area contributed by atoms with Gasteiger partial charge < -0.3 is 21.1 Å². The van der Waals surface area contributed by atoms with Crippen LogP contribution in [0, 0.1) is 5.41 Å². The number of benzene rings is 1. The van der Waals surface area contributed by atoms with E-state index in [0.717, 1.165) is 43.9 Å². The van der Waals surface area contributed by atoms with Gasteiger partial charge >= 0.3 is 0 Å². The van der Waals surface area contributed by atoms with Gasteiger partial charge in [0.15, 0.2) is 5.82 Å². The number of hydrogen-bond donors (Lipinski definition) is 2. The van der Waals surface area contributed by atoms with Crippen molar-refractivity contribution in [1.29, 1.82) is 0 Å². The van der Waals surface area contributed by atoms with Crippen molar-refractivity contribution in [2.75, 3.05) is 30.8 Å². The summed E-state index contributed by atoms with van der Waals surface area (Å²) in [6.07, 6.45) is 6.07. The summed E-state index contributed by atoms with van der Waals surface area (Å²) in [6, 6.07) is 3.59. The fourth-order valence-corrected chi connectivity index (χ4v) is 7.63. The zero-order valence-electron chi connectivity index (χ0n) is 21.6. The van der Waals surface area contributed by atoms with Gasteiger partial charge in [-0.2, -0.15) is 0 Å². The summed E-state index contributed by atoms with van der Waals surface area (Å²) in [7, 11) is 1.60. The molecule has 204 valence electrons. The normalized spacial score (nSPS) is 19.1. The van der Waals surface area contributed by atoms with Gasteiger partial charge in [-0.25, -0.2) is 19.9 Å². The van der Waals surface area contributed by atoms with Gasteiger partial charge in [0.1, 0.15) is 10.8 Å². The smallest absolute Gasteiger partial charge is 0.262 e. The third kappa shape index (κ3) is 4.67. The largest absolute Gasteiger partial charge is 0.381 e. The van der Waals surface area contributed by atoms with Crippen molar-refractivity contribution in [2.24, 2.45) is 11.1 Å². The molecule has 4 N–H and O–H groups in total. The van der Waals surface area contributed by atoms with E-state index in [2.05, 4.69) is 24.8 Å². The molecule has 4 heterocycles. The molecular weight excluding hydrogens is 556 g/mol. The number of fused-ring (bicyclic) bond motifs is 2. The first-order valence-electron chi connectivity index (χ1n) is 12.7. The summed E-state index contributed by atoms with van der Waals surface area (Å²) in [5.41, 5.74) is 16.3. The third-order valence-corrected chi connectivity index (χ3v) is 10.4. The van der Waals surface area contributed by atoms with E-state index >= 15 is 0 Å². The predicted octanol–water partition coefficient (Wildman–Crippen LogP) is 3.91. The van der Waals surface area contributed by atoms with Crippen LogP contribution in [0.25, 0.3) is 10.9 Å². The molecule has 1 unspecified atom stereocenters. The van der Waals surface area contributed by atoms with E-state index in [1.807, 2.05) is 18.5 Å². The molecule has 2 aliphatic rings. The van der Waals surface area contributed by atoms with Crippen LogP contribution in [0.4, 0.5) is 11.6 Å². The maximum atomic E-state index is 13.2. The lowest BCUT2D eigenvalue weighted by Crippen LogP contribution is -2.44. The standard InChI is InChI=1S/C26H29ClN8O2S2/c1-14(37-2)11-35-12-31-15-3-4-16(20(27)19(15)25(35)36)39-24-23(29)33-18(10-30-24)34-7-5-26(6-8-34)9-17-21(22(26)28)32-13-38-17/h3-4,10,12-14,22H,5-9,11,28H2,1-2H3,(H2,29,33)/t14?,22-/m1/s1. The van der Waals surface area contributed by atoms with Gasteiger partial charge in [0.25, 0.3) is 5.56 Å². The molecule has 0 saturated carbocycles. The molecule has 0 radical (unpaired) electrons. The van der Waals surface area contributed by atoms with Crippen LogP contribution in [0.1, 0.15) is 36.4 Å². The molecule has 1 spiro atoms. The van der Waals surface area contributed by atoms with Crippen LogP contribution in [0.3, 0.4) is 0 Å². The Hall–Kier alpha value is -2.77. The Morgan fingerprint density at radius 1 is 1.28 bits per heavy atom. The lowest BCUT2D eigenvalue weighted by Gasteiger charge is -2.42. The third-order valence-electron chi connectivity index (χ3n) is 7.93. The summed E-state index contributed by atoms with van der Waals surface area (Å²) >= 11 is 9.71. The number of thiazole rings is 1. The molecule has 1 fully saturated rings. The molecule has 6 rings (SSSR count). The fraction of sp³-hybridized carbons (Fsp3) is 0.423. The van der Waals surface area contributed by atoms with Crippen molar-refractivity contribution in [3.05, 3.63) is 56.1 Å². The van der Waals surface area contributed by atoms with E-state index in [1.54, 1.807) is 30.7 Å².